The van der Waals surface area contributed by atoms with Gasteiger partial charge in [-0.15, -0.1) is 0 Å². The molecule has 6 heteroatoms. The number of nitrogens with one attached hydrogen (secondary N) is 1. The molecule has 0 radical (unpaired) electrons. The number of piperidine rings is 1. The summed E-state index contributed by atoms with van der Waals surface area (Å²) in [4.78, 5) is 18.6. The molecule has 2 heterocycles. The molecule has 0 aliphatic carbocycles. The zero-order valence-electron chi connectivity index (χ0n) is 13.9. The van der Waals surface area contributed by atoms with Crippen molar-refractivity contribution in [1.29, 1.82) is 0 Å². The van der Waals surface area contributed by atoms with Crippen LogP contribution >= 0.6 is 15.9 Å². The molecule has 0 unspecified atom stereocenters. The van der Waals surface area contributed by atoms with Gasteiger partial charge in [-0.3, -0.25) is 14.7 Å². The molecule has 0 spiro atoms. The molecule has 25 heavy (non-hydrogen) atoms. The molecule has 1 fully saturated rings. The van der Waals surface area contributed by atoms with Crippen molar-refractivity contribution in [3.8, 4) is 0 Å². The molecule has 1 saturated heterocycles. The molecule has 130 valence electrons. The lowest BCUT2D eigenvalue weighted by Crippen LogP contribution is -2.39. The number of hydrogen-bond acceptors (Lipinski definition) is 4. The van der Waals surface area contributed by atoms with Crippen LogP contribution in [-0.4, -0.2) is 35.1 Å². The third kappa shape index (κ3) is 5.47. The molecule has 1 aliphatic rings. The van der Waals surface area contributed by atoms with Crippen LogP contribution in [0.1, 0.15) is 24.0 Å². The van der Waals surface area contributed by atoms with E-state index in [-0.39, 0.29) is 11.8 Å². The molecular formula is C19H21BrN4O. The first-order valence-electron chi connectivity index (χ1n) is 8.40. The molecule has 1 aromatic carbocycles. The molecule has 0 atom stereocenters. The molecule has 2 aromatic rings. The second-order valence-electron chi connectivity index (χ2n) is 6.20. The average molecular weight is 401 g/mol. The number of hydrazone groups is 1. The molecule has 1 N–H and O–H groups in total. The lowest BCUT2D eigenvalue weighted by molar-refractivity contribution is -0.126. The standard InChI is InChI=1S/C19H21BrN4O/c20-18-5-3-15(4-6-18)14-24-10-7-17(8-11-24)19(25)23-22-13-16-2-1-9-21-12-16/h1-6,9,12-13,17H,7-8,10-11,14H2,(H,23,25). The third-order valence-electron chi connectivity index (χ3n) is 4.35. The number of nitrogens with zero attached hydrogens (tertiary/aromatic N) is 3. The fourth-order valence-electron chi connectivity index (χ4n) is 2.92. The van der Waals surface area contributed by atoms with E-state index < -0.39 is 0 Å². The van der Waals surface area contributed by atoms with Crippen molar-refractivity contribution in [2.45, 2.75) is 19.4 Å². The van der Waals surface area contributed by atoms with Crippen LogP contribution in [0, 0.1) is 5.92 Å². The lowest BCUT2D eigenvalue weighted by atomic mass is 9.96. The Labute approximate surface area is 156 Å². The van der Waals surface area contributed by atoms with E-state index in [4.69, 9.17) is 0 Å². The monoisotopic (exact) mass is 400 g/mol. The summed E-state index contributed by atoms with van der Waals surface area (Å²) in [5.74, 6) is 0.0376. The van der Waals surface area contributed by atoms with Crippen LogP contribution in [0.3, 0.4) is 0 Å². The highest BCUT2D eigenvalue weighted by Gasteiger charge is 2.24. The summed E-state index contributed by atoms with van der Waals surface area (Å²) in [6, 6.07) is 12.1. The van der Waals surface area contributed by atoms with E-state index in [9.17, 15) is 4.79 Å². The number of hydrogen-bond donors (Lipinski definition) is 1. The molecular weight excluding hydrogens is 380 g/mol. The molecule has 1 aromatic heterocycles. The number of carbonyl (C=O) groups is 1. The van der Waals surface area contributed by atoms with Crippen LogP contribution in [0.25, 0.3) is 0 Å². The van der Waals surface area contributed by atoms with Crippen LogP contribution in [0.15, 0.2) is 58.4 Å². The van der Waals surface area contributed by atoms with Crippen LogP contribution in [0.5, 0.6) is 0 Å². The maximum absolute atomic E-state index is 12.2. The first kappa shape index (κ1) is 17.8. The minimum Gasteiger partial charge on any atom is -0.299 e. The predicted molar refractivity (Wildman–Crippen MR) is 102 cm³/mol. The first-order chi connectivity index (χ1) is 12.2. The molecule has 0 bridgehead atoms. The summed E-state index contributed by atoms with van der Waals surface area (Å²) >= 11 is 3.46. The Morgan fingerprint density at radius 3 is 2.72 bits per heavy atom. The summed E-state index contributed by atoms with van der Waals surface area (Å²) < 4.78 is 1.10. The van der Waals surface area contributed by atoms with Crippen molar-refractivity contribution in [3.63, 3.8) is 0 Å². The van der Waals surface area contributed by atoms with E-state index in [1.807, 2.05) is 12.1 Å². The summed E-state index contributed by atoms with van der Waals surface area (Å²) in [7, 11) is 0. The van der Waals surface area contributed by atoms with Crippen molar-refractivity contribution in [1.82, 2.24) is 15.3 Å². The highest BCUT2D eigenvalue weighted by molar-refractivity contribution is 9.10. The lowest BCUT2D eigenvalue weighted by Gasteiger charge is -2.30. The molecule has 5 nitrogen and oxygen atoms in total. The number of rotatable bonds is 5. The maximum atomic E-state index is 12.2. The van der Waals surface area contributed by atoms with Crippen molar-refractivity contribution in [3.05, 3.63) is 64.4 Å². The molecule has 1 aliphatic heterocycles. The van der Waals surface area contributed by atoms with Crippen LogP contribution < -0.4 is 5.43 Å². The van der Waals surface area contributed by atoms with Gasteiger partial charge in [-0.1, -0.05) is 34.1 Å². The maximum Gasteiger partial charge on any atom is 0.243 e. The van der Waals surface area contributed by atoms with Crippen molar-refractivity contribution < 1.29 is 4.79 Å². The van der Waals surface area contributed by atoms with E-state index in [1.54, 1.807) is 18.6 Å². The van der Waals surface area contributed by atoms with Gasteiger partial charge in [-0.25, -0.2) is 5.43 Å². The number of benzene rings is 1. The Morgan fingerprint density at radius 2 is 2.04 bits per heavy atom. The fraction of sp³-hybridized carbons (Fsp3) is 0.316. The Bertz CT molecular complexity index is 710. The van der Waals surface area contributed by atoms with E-state index in [0.717, 1.165) is 42.5 Å². The van der Waals surface area contributed by atoms with Gasteiger partial charge in [0.05, 0.1) is 6.21 Å². The zero-order valence-corrected chi connectivity index (χ0v) is 15.5. The predicted octanol–water partition coefficient (Wildman–Crippen LogP) is 3.21. The van der Waals surface area contributed by atoms with Crippen molar-refractivity contribution >= 4 is 28.1 Å². The normalized spacial score (nSPS) is 16.2. The number of amides is 1. The van der Waals surface area contributed by atoms with Crippen LogP contribution in [-0.2, 0) is 11.3 Å². The topological polar surface area (TPSA) is 57.6 Å². The SMILES string of the molecule is O=C(NN=Cc1cccnc1)C1CCN(Cc2ccc(Br)cc2)CC1. The Kier molecular flexibility index (Phi) is 6.30. The van der Waals surface area contributed by atoms with Gasteiger partial charge in [-0.05, 0) is 49.7 Å². The van der Waals surface area contributed by atoms with Gasteiger partial charge in [0.2, 0.25) is 5.91 Å². The summed E-state index contributed by atoms with van der Waals surface area (Å²) in [5.41, 5.74) is 4.82. The number of likely N-dealkylation sites (tertiary alicyclic amines) is 1. The third-order valence-corrected chi connectivity index (χ3v) is 4.88. The zero-order chi connectivity index (χ0) is 17.5. The minimum atomic E-state index is 0.00318. The summed E-state index contributed by atoms with van der Waals surface area (Å²) in [5, 5.41) is 4.03. The molecule has 1 amide bonds. The van der Waals surface area contributed by atoms with E-state index in [0.29, 0.717) is 0 Å². The van der Waals surface area contributed by atoms with Gasteiger partial charge in [-0.2, -0.15) is 5.10 Å². The molecule has 3 rings (SSSR count). The highest BCUT2D eigenvalue weighted by Crippen LogP contribution is 2.20. The van der Waals surface area contributed by atoms with Crippen molar-refractivity contribution in [2.75, 3.05) is 13.1 Å². The first-order valence-corrected chi connectivity index (χ1v) is 9.20. The van der Waals surface area contributed by atoms with Gasteiger partial charge < -0.3 is 0 Å². The van der Waals surface area contributed by atoms with E-state index in [1.165, 1.54) is 5.56 Å². The van der Waals surface area contributed by atoms with Gasteiger partial charge in [0.15, 0.2) is 0 Å². The van der Waals surface area contributed by atoms with E-state index >= 15 is 0 Å². The number of carbonyl (C=O) groups excluding carboxylic acids is 1. The quantitative estimate of drug-likeness (QED) is 0.619. The highest BCUT2D eigenvalue weighted by atomic mass is 79.9. The second kappa shape index (κ2) is 8.87. The van der Waals surface area contributed by atoms with Gasteiger partial charge in [0.25, 0.3) is 0 Å². The van der Waals surface area contributed by atoms with Gasteiger partial charge >= 0.3 is 0 Å². The minimum absolute atomic E-state index is 0.00318. The molecule has 0 saturated carbocycles. The van der Waals surface area contributed by atoms with Gasteiger partial charge in [0.1, 0.15) is 0 Å². The fourth-order valence-corrected chi connectivity index (χ4v) is 3.18. The summed E-state index contributed by atoms with van der Waals surface area (Å²) in [6.45, 7) is 2.79. The Morgan fingerprint density at radius 1 is 1.28 bits per heavy atom. The smallest absolute Gasteiger partial charge is 0.243 e. The number of pyridine rings is 1. The largest absolute Gasteiger partial charge is 0.299 e. The van der Waals surface area contributed by atoms with Crippen LogP contribution in [0.2, 0.25) is 0 Å². The number of aromatic nitrogens is 1. The Balaban J connectivity index is 1.43. The van der Waals surface area contributed by atoms with E-state index in [2.05, 4.69) is 60.6 Å². The average Bonchev–Trinajstić information content (AvgIpc) is 2.65. The second-order valence-corrected chi connectivity index (χ2v) is 7.11. The van der Waals surface area contributed by atoms with Crippen LogP contribution in [0.4, 0.5) is 0 Å². The Hall–Kier alpha value is -2.05. The number of halogens is 1. The summed E-state index contributed by atoms with van der Waals surface area (Å²) in [6.07, 6.45) is 6.76. The van der Waals surface area contributed by atoms with Crippen molar-refractivity contribution in [2.24, 2.45) is 11.0 Å². The van der Waals surface area contributed by atoms with Gasteiger partial charge in [0, 0.05) is 34.9 Å².